The molecule has 1 amide bonds. The van der Waals surface area contributed by atoms with Crippen molar-refractivity contribution >= 4 is 34.8 Å². The third kappa shape index (κ3) is 8.55. The average Bonchev–Trinajstić information content (AvgIpc) is 2.92. The Labute approximate surface area is 237 Å². The molecule has 39 heavy (non-hydrogen) atoms. The molecule has 0 saturated carbocycles. The lowest BCUT2D eigenvalue weighted by atomic mass is 9.97. The molecule has 3 rings (SSSR count). The minimum absolute atomic E-state index is 0.0469. The second kappa shape index (κ2) is 14.7. The summed E-state index contributed by atoms with van der Waals surface area (Å²) in [6.45, 7) is 7.38. The topological polar surface area (TPSA) is 69.7 Å². The number of halogens is 1. The molecule has 0 atom stereocenters. The van der Waals surface area contributed by atoms with Gasteiger partial charge in [-0.3, -0.25) is 14.7 Å². The van der Waals surface area contributed by atoms with Crippen LogP contribution in [0.1, 0.15) is 40.5 Å². The highest BCUT2D eigenvalue weighted by molar-refractivity contribution is 6.32. The molecule has 0 radical (unpaired) electrons. The number of aromatic nitrogens is 1. The number of allylic oxidation sites excluding steroid dienone is 1. The van der Waals surface area contributed by atoms with Crippen molar-refractivity contribution in [1.82, 2.24) is 20.1 Å². The van der Waals surface area contributed by atoms with Crippen LogP contribution in [0.25, 0.3) is 11.6 Å². The fourth-order valence-electron chi connectivity index (χ4n) is 4.44. The SMILES string of the molecule is CNC(/C=C\Nc1ccnc(C)c1/C=C(\C)CN1CC=C(c2ccc(C(=O)N(C)C)cc2Cl)CC1)=C/COC. The van der Waals surface area contributed by atoms with Crippen molar-refractivity contribution in [3.63, 3.8) is 0 Å². The van der Waals surface area contributed by atoms with Gasteiger partial charge in [0.2, 0.25) is 0 Å². The molecule has 8 heteroatoms. The molecule has 2 heterocycles. The number of carbonyl (C=O) groups excluding carboxylic acids is 1. The summed E-state index contributed by atoms with van der Waals surface area (Å²) in [6, 6.07) is 7.58. The smallest absolute Gasteiger partial charge is 0.253 e. The van der Waals surface area contributed by atoms with Gasteiger partial charge in [0, 0.05) is 93.5 Å². The molecule has 208 valence electrons. The summed E-state index contributed by atoms with van der Waals surface area (Å²) in [4.78, 5) is 20.7. The van der Waals surface area contributed by atoms with E-state index in [1.807, 2.05) is 56.7 Å². The van der Waals surface area contributed by atoms with Gasteiger partial charge in [0.05, 0.1) is 6.61 Å². The number of rotatable bonds is 11. The van der Waals surface area contributed by atoms with Crippen molar-refractivity contribution in [1.29, 1.82) is 0 Å². The van der Waals surface area contributed by atoms with Gasteiger partial charge < -0.3 is 20.3 Å². The van der Waals surface area contributed by atoms with Gasteiger partial charge in [0.25, 0.3) is 5.91 Å². The molecule has 1 aliphatic rings. The minimum atomic E-state index is -0.0469. The van der Waals surface area contributed by atoms with E-state index in [0.717, 1.165) is 54.3 Å². The van der Waals surface area contributed by atoms with Gasteiger partial charge in [-0.15, -0.1) is 0 Å². The second-order valence-corrected chi connectivity index (χ2v) is 10.2. The molecule has 0 aliphatic carbocycles. The molecule has 0 saturated heterocycles. The molecule has 2 aromatic rings. The highest BCUT2D eigenvalue weighted by atomic mass is 35.5. The van der Waals surface area contributed by atoms with Crippen LogP contribution in [0.4, 0.5) is 5.69 Å². The first-order valence-corrected chi connectivity index (χ1v) is 13.5. The molecule has 7 nitrogen and oxygen atoms in total. The molecule has 0 unspecified atom stereocenters. The van der Waals surface area contributed by atoms with Crippen molar-refractivity contribution in [3.05, 3.63) is 93.6 Å². The summed E-state index contributed by atoms with van der Waals surface area (Å²) < 4.78 is 5.12. The largest absolute Gasteiger partial charge is 0.388 e. The zero-order valence-electron chi connectivity index (χ0n) is 23.8. The van der Waals surface area contributed by atoms with E-state index in [4.69, 9.17) is 16.3 Å². The van der Waals surface area contributed by atoms with Gasteiger partial charge in [-0.1, -0.05) is 35.4 Å². The third-order valence-electron chi connectivity index (χ3n) is 6.57. The molecule has 0 spiro atoms. The number of hydrogen-bond acceptors (Lipinski definition) is 6. The number of amides is 1. The Hall–Kier alpha value is -3.39. The van der Waals surface area contributed by atoms with Crippen molar-refractivity contribution in [2.75, 3.05) is 59.8 Å². The van der Waals surface area contributed by atoms with E-state index in [1.165, 1.54) is 11.1 Å². The molecule has 2 N–H and O–H groups in total. The third-order valence-corrected chi connectivity index (χ3v) is 6.89. The number of likely N-dealkylation sites (N-methyl/N-ethyl adjacent to an activating group) is 1. The summed E-state index contributed by atoms with van der Waals surface area (Å²) in [6.07, 6.45) is 13.1. The van der Waals surface area contributed by atoms with Gasteiger partial charge in [-0.05, 0) is 61.8 Å². The van der Waals surface area contributed by atoms with Crippen LogP contribution in [0, 0.1) is 6.92 Å². The summed E-state index contributed by atoms with van der Waals surface area (Å²) in [5.74, 6) is -0.0469. The summed E-state index contributed by atoms with van der Waals surface area (Å²) in [5.41, 5.74) is 8.13. The minimum Gasteiger partial charge on any atom is -0.388 e. The van der Waals surface area contributed by atoms with E-state index in [1.54, 1.807) is 32.2 Å². The lowest BCUT2D eigenvalue weighted by Gasteiger charge is -2.27. The number of anilines is 1. The van der Waals surface area contributed by atoms with E-state index in [-0.39, 0.29) is 5.91 Å². The maximum atomic E-state index is 12.2. The summed E-state index contributed by atoms with van der Waals surface area (Å²) in [5, 5.41) is 7.18. The van der Waals surface area contributed by atoms with Crippen LogP contribution < -0.4 is 10.6 Å². The van der Waals surface area contributed by atoms with Gasteiger partial charge in [-0.25, -0.2) is 0 Å². The van der Waals surface area contributed by atoms with E-state index >= 15 is 0 Å². The number of carbonyl (C=O) groups is 1. The van der Waals surface area contributed by atoms with E-state index in [0.29, 0.717) is 17.2 Å². The van der Waals surface area contributed by atoms with Crippen LogP contribution in [0.5, 0.6) is 0 Å². The quantitative estimate of drug-likeness (QED) is 0.355. The normalized spacial score (nSPS) is 14.9. The first-order chi connectivity index (χ1) is 18.7. The Morgan fingerprint density at radius 1 is 1.28 bits per heavy atom. The van der Waals surface area contributed by atoms with Crippen LogP contribution in [-0.2, 0) is 4.74 Å². The molecular formula is C31H40ClN5O2. The Kier molecular flexibility index (Phi) is 11.3. The molecular weight excluding hydrogens is 510 g/mol. The number of nitrogens with one attached hydrogen (secondary N) is 2. The monoisotopic (exact) mass is 549 g/mol. The number of hydrogen-bond donors (Lipinski definition) is 2. The molecule has 1 aromatic carbocycles. The fraction of sp³-hybridized carbons (Fsp3) is 0.355. The van der Waals surface area contributed by atoms with E-state index < -0.39 is 0 Å². The summed E-state index contributed by atoms with van der Waals surface area (Å²) in [7, 11) is 7.05. The number of nitrogens with zero attached hydrogens (tertiary/aromatic N) is 3. The predicted molar refractivity (Wildman–Crippen MR) is 163 cm³/mol. The van der Waals surface area contributed by atoms with Crippen LogP contribution >= 0.6 is 11.6 Å². The first kappa shape index (κ1) is 30.2. The lowest BCUT2D eigenvalue weighted by molar-refractivity contribution is 0.0827. The highest BCUT2D eigenvalue weighted by Gasteiger charge is 2.17. The lowest BCUT2D eigenvalue weighted by Crippen LogP contribution is -2.30. The summed E-state index contributed by atoms with van der Waals surface area (Å²) >= 11 is 6.57. The highest BCUT2D eigenvalue weighted by Crippen LogP contribution is 2.30. The van der Waals surface area contributed by atoms with Gasteiger partial charge >= 0.3 is 0 Å². The van der Waals surface area contributed by atoms with Gasteiger partial charge in [0.15, 0.2) is 0 Å². The van der Waals surface area contributed by atoms with E-state index in [9.17, 15) is 4.79 Å². The van der Waals surface area contributed by atoms with Crippen LogP contribution in [0.15, 0.2) is 66.2 Å². The van der Waals surface area contributed by atoms with Crippen LogP contribution in [0.2, 0.25) is 5.02 Å². The fourth-order valence-corrected chi connectivity index (χ4v) is 4.75. The van der Waals surface area contributed by atoms with Crippen LogP contribution in [-0.4, -0.2) is 75.2 Å². The molecule has 0 fully saturated rings. The average molecular weight is 550 g/mol. The Bertz CT molecular complexity index is 1280. The first-order valence-electron chi connectivity index (χ1n) is 13.1. The van der Waals surface area contributed by atoms with Gasteiger partial charge in [0.1, 0.15) is 0 Å². The standard InChI is InChI=1S/C31H40ClN5O2/c1-22(19-28-23(2)34-15-10-30(28)35-14-9-26(33-3)13-18-39-6)21-37-16-11-24(12-17-37)27-8-7-25(20-29(27)32)31(38)36(4)5/h7-11,13-15,19-20,33H,12,16-18,21H2,1-6H3,(H,34,35)/b14-9-,22-19+,26-13+. The number of aryl methyl sites for hydroxylation is 1. The maximum absolute atomic E-state index is 12.2. The number of methoxy groups -OCH3 is 1. The number of pyridine rings is 1. The Balaban J connectivity index is 1.67. The maximum Gasteiger partial charge on any atom is 0.253 e. The van der Waals surface area contributed by atoms with E-state index in [2.05, 4.69) is 39.6 Å². The number of benzene rings is 1. The van der Waals surface area contributed by atoms with Crippen molar-refractivity contribution in [2.24, 2.45) is 0 Å². The van der Waals surface area contributed by atoms with Crippen molar-refractivity contribution in [3.8, 4) is 0 Å². The zero-order valence-corrected chi connectivity index (χ0v) is 24.6. The van der Waals surface area contributed by atoms with Crippen molar-refractivity contribution in [2.45, 2.75) is 20.3 Å². The Morgan fingerprint density at radius 3 is 2.72 bits per heavy atom. The predicted octanol–water partition coefficient (Wildman–Crippen LogP) is 5.61. The second-order valence-electron chi connectivity index (χ2n) is 9.80. The molecule has 1 aromatic heterocycles. The molecule has 0 bridgehead atoms. The molecule has 1 aliphatic heterocycles. The number of ether oxygens (including phenoxy) is 1. The van der Waals surface area contributed by atoms with Gasteiger partial charge in [-0.2, -0.15) is 0 Å². The van der Waals surface area contributed by atoms with Crippen molar-refractivity contribution < 1.29 is 9.53 Å². The van der Waals surface area contributed by atoms with Crippen LogP contribution in [0.3, 0.4) is 0 Å². The zero-order chi connectivity index (χ0) is 28.4. The Morgan fingerprint density at radius 2 is 2.08 bits per heavy atom.